The van der Waals surface area contributed by atoms with Gasteiger partial charge in [-0.1, -0.05) is 6.07 Å². The SMILES string of the molecule is CN(C)c1nc(C(=O)NC2(c3ccc(C(F)(F)F)cc3F)CC2)cc(=O)[nH]1. The normalized spacial score (nSPS) is 15.3. The van der Waals surface area contributed by atoms with Crippen molar-refractivity contribution in [2.45, 2.75) is 24.6 Å². The van der Waals surface area contributed by atoms with Crippen LogP contribution in [0.2, 0.25) is 0 Å². The van der Waals surface area contributed by atoms with Crippen molar-refractivity contribution >= 4 is 11.9 Å². The Hall–Kier alpha value is -2.91. The molecule has 2 aromatic rings. The quantitative estimate of drug-likeness (QED) is 0.794. The van der Waals surface area contributed by atoms with E-state index in [1.165, 1.54) is 4.90 Å². The fraction of sp³-hybridized carbons (Fsp3) is 0.353. The summed E-state index contributed by atoms with van der Waals surface area (Å²) in [5.41, 5.74) is -2.93. The lowest BCUT2D eigenvalue weighted by Crippen LogP contribution is -2.37. The maximum absolute atomic E-state index is 14.3. The van der Waals surface area contributed by atoms with Crippen molar-refractivity contribution < 1.29 is 22.4 Å². The fourth-order valence-electron chi connectivity index (χ4n) is 2.72. The van der Waals surface area contributed by atoms with Gasteiger partial charge in [-0.05, 0) is 25.0 Å². The minimum absolute atomic E-state index is 0.0264. The number of amides is 1. The Morgan fingerprint density at radius 3 is 2.44 bits per heavy atom. The molecule has 10 heteroatoms. The van der Waals surface area contributed by atoms with E-state index < -0.39 is 34.6 Å². The van der Waals surface area contributed by atoms with E-state index in [2.05, 4.69) is 15.3 Å². The van der Waals surface area contributed by atoms with Gasteiger partial charge in [0.05, 0.1) is 11.1 Å². The molecule has 3 rings (SSSR count). The highest BCUT2D eigenvalue weighted by molar-refractivity contribution is 5.93. The van der Waals surface area contributed by atoms with Crippen molar-refractivity contribution in [3.05, 3.63) is 57.3 Å². The zero-order valence-electron chi connectivity index (χ0n) is 14.4. The third-order valence-corrected chi connectivity index (χ3v) is 4.30. The van der Waals surface area contributed by atoms with Crippen LogP contribution in [0.1, 0.15) is 34.5 Å². The number of aromatic amines is 1. The summed E-state index contributed by atoms with van der Waals surface area (Å²) in [6.45, 7) is 0. The van der Waals surface area contributed by atoms with Crippen LogP contribution < -0.4 is 15.8 Å². The average molecular weight is 384 g/mol. The first-order chi connectivity index (χ1) is 12.5. The summed E-state index contributed by atoms with van der Waals surface area (Å²) in [7, 11) is 3.25. The van der Waals surface area contributed by atoms with Gasteiger partial charge >= 0.3 is 6.18 Å². The molecule has 0 bridgehead atoms. The van der Waals surface area contributed by atoms with Crippen molar-refractivity contribution in [2.75, 3.05) is 19.0 Å². The van der Waals surface area contributed by atoms with Gasteiger partial charge in [-0.2, -0.15) is 13.2 Å². The summed E-state index contributed by atoms with van der Waals surface area (Å²) in [6, 6.07) is 3.22. The molecule has 1 saturated carbocycles. The van der Waals surface area contributed by atoms with Gasteiger partial charge < -0.3 is 10.2 Å². The number of benzene rings is 1. The molecule has 1 heterocycles. The van der Waals surface area contributed by atoms with E-state index in [4.69, 9.17) is 0 Å². The van der Waals surface area contributed by atoms with Gasteiger partial charge in [0.15, 0.2) is 0 Å². The van der Waals surface area contributed by atoms with Crippen molar-refractivity contribution in [3.63, 3.8) is 0 Å². The van der Waals surface area contributed by atoms with Gasteiger partial charge in [0, 0.05) is 25.7 Å². The highest BCUT2D eigenvalue weighted by Crippen LogP contribution is 2.47. The molecule has 0 unspecified atom stereocenters. The number of nitrogens with zero attached hydrogens (tertiary/aromatic N) is 2. The molecular weight excluding hydrogens is 368 g/mol. The summed E-state index contributed by atoms with van der Waals surface area (Å²) in [5, 5.41) is 2.60. The average Bonchev–Trinajstić information content (AvgIpc) is 3.33. The predicted molar refractivity (Wildman–Crippen MR) is 89.0 cm³/mol. The van der Waals surface area contributed by atoms with E-state index in [0.29, 0.717) is 18.9 Å². The molecular formula is C17H16F4N4O2. The molecule has 27 heavy (non-hydrogen) atoms. The molecule has 1 aromatic carbocycles. The van der Waals surface area contributed by atoms with E-state index in [1.807, 2.05) is 0 Å². The molecule has 0 atom stereocenters. The van der Waals surface area contributed by atoms with E-state index >= 15 is 0 Å². The molecule has 1 aromatic heterocycles. The van der Waals surface area contributed by atoms with Crippen LogP contribution in [0, 0.1) is 5.82 Å². The van der Waals surface area contributed by atoms with Crippen molar-refractivity contribution in [3.8, 4) is 0 Å². The highest BCUT2D eigenvalue weighted by Gasteiger charge is 2.48. The Morgan fingerprint density at radius 1 is 1.26 bits per heavy atom. The van der Waals surface area contributed by atoms with Gasteiger partial charge in [-0.3, -0.25) is 14.6 Å². The maximum atomic E-state index is 14.3. The van der Waals surface area contributed by atoms with E-state index in [0.717, 1.165) is 18.2 Å². The summed E-state index contributed by atoms with van der Waals surface area (Å²) >= 11 is 0. The fourth-order valence-corrected chi connectivity index (χ4v) is 2.72. The molecule has 6 nitrogen and oxygen atoms in total. The first-order valence-electron chi connectivity index (χ1n) is 8.00. The summed E-state index contributed by atoms with van der Waals surface area (Å²) in [4.78, 5) is 32.2. The molecule has 0 saturated heterocycles. The number of hydrogen-bond donors (Lipinski definition) is 2. The number of H-pyrrole nitrogens is 1. The molecule has 0 spiro atoms. The number of aromatic nitrogens is 2. The topological polar surface area (TPSA) is 78.1 Å². The van der Waals surface area contributed by atoms with Crippen LogP contribution in [-0.4, -0.2) is 30.0 Å². The third-order valence-electron chi connectivity index (χ3n) is 4.30. The molecule has 144 valence electrons. The number of halogens is 4. The molecule has 1 amide bonds. The van der Waals surface area contributed by atoms with Gasteiger partial charge in [0.2, 0.25) is 5.95 Å². The first kappa shape index (κ1) is 18.9. The Labute approximate surface area is 151 Å². The van der Waals surface area contributed by atoms with Gasteiger partial charge in [0.25, 0.3) is 11.5 Å². The highest BCUT2D eigenvalue weighted by atomic mass is 19.4. The summed E-state index contributed by atoms with van der Waals surface area (Å²) in [6.07, 6.45) is -3.92. The Bertz CT molecular complexity index is 949. The number of carbonyl (C=O) groups is 1. The van der Waals surface area contributed by atoms with E-state index in [-0.39, 0.29) is 17.2 Å². The molecule has 1 fully saturated rings. The van der Waals surface area contributed by atoms with Crippen LogP contribution in [0.15, 0.2) is 29.1 Å². The van der Waals surface area contributed by atoms with Crippen molar-refractivity contribution in [1.82, 2.24) is 15.3 Å². The Kier molecular flexibility index (Phi) is 4.44. The van der Waals surface area contributed by atoms with Crippen LogP contribution in [0.4, 0.5) is 23.5 Å². The summed E-state index contributed by atoms with van der Waals surface area (Å²) < 4.78 is 52.4. The monoisotopic (exact) mass is 384 g/mol. The molecule has 0 aliphatic heterocycles. The predicted octanol–water partition coefficient (Wildman–Crippen LogP) is 2.41. The van der Waals surface area contributed by atoms with Crippen molar-refractivity contribution in [2.24, 2.45) is 0 Å². The van der Waals surface area contributed by atoms with Crippen LogP contribution in [0.3, 0.4) is 0 Å². The van der Waals surface area contributed by atoms with Crippen LogP contribution in [0.5, 0.6) is 0 Å². The van der Waals surface area contributed by atoms with Gasteiger partial charge in [0.1, 0.15) is 11.5 Å². The standard InChI is InChI=1S/C17H16F4N4O2/c1-25(2)15-22-12(8-13(26)23-15)14(27)24-16(5-6-16)10-4-3-9(7-11(10)18)17(19,20)21/h3-4,7-8H,5-6H2,1-2H3,(H,24,27)(H,22,23,26). The second-order valence-corrected chi connectivity index (χ2v) is 6.58. The number of carbonyl (C=O) groups excluding carboxylic acids is 1. The van der Waals surface area contributed by atoms with Crippen molar-refractivity contribution in [1.29, 1.82) is 0 Å². The minimum Gasteiger partial charge on any atom is -0.348 e. The third kappa shape index (κ3) is 3.79. The van der Waals surface area contributed by atoms with Crippen LogP contribution in [-0.2, 0) is 11.7 Å². The lowest BCUT2D eigenvalue weighted by Gasteiger charge is -2.20. The molecule has 2 N–H and O–H groups in total. The van der Waals surface area contributed by atoms with Gasteiger partial charge in [-0.25, -0.2) is 9.37 Å². The van der Waals surface area contributed by atoms with Crippen LogP contribution >= 0.6 is 0 Å². The molecule has 0 radical (unpaired) electrons. The van der Waals surface area contributed by atoms with E-state index in [9.17, 15) is 27.2 Å². The first-order valence-corrected chi connectivity index (χ1v) is 8.00. The number of anilines is 1. The Balaban J connectivity index is 1.88. The number of alkyl halides is 3. The molecule has 1 aliphatic carbocycles. The zero-order valence-corrected chi connectivity index (χ0v) is 14.4. The smallest absolute Gasteiger partial charge is 0.348 e. The second-order valence-electron chi connectivity index (χ2n) is 6.58. The number of rotatable bonds is 4. The lowest BCUT2D eigenvalue weighted by molar-refractivity contribution is -0.137. The summed E-state index contributed by atoms with van der Waals surface area (Å²) in [5.74, 6) is -1.59. The Morgan fingerprint density at radius 2 is 1.93 bits per heavy atom. The zero-order chi connectivity index (χ0) is 20.0. The largest absolute Gasteiger partial charge is 0.416 e. The lowest BCUT2D eigenvalue weighted by atomic mass is 10.0. The number of nitrogens with one attached hydrogen (secondary N) is 2. The maximum Gasteiger partial charge on any atom is 0.416 e. The van der Waals surface area contributed by atoms with E-state index in [1.54, 1.807) is 14.1 Å². The second kappa shape index (κ2) is 6.36. The molecule has 1 aliphatic rings. The van der Waals surface area contributed by atoms with Crippen LogP contribution in [0.25, 0.3) is 0 Å². The van der Waals surface area contributed by atoms with Gasteiger partial charge in [-0.15, -0.1) is 0 Å². The minimum atomic E-state index is -4.66. The number of hydrogen-bond acceptors (Lipinski definition) is 4.